The van der Waals surface area contributed by atoms with Crippen molar-refractivity contribution >= 4 is 17.6 Å². The minimum Gasteiger partial charge on any atom is -0.508 e. The van der Waals surface area contributed by atoms with Gasteiger partial charge in [-0.15, -0.1) is 13.2 Å². The summed E-state index contributed by atoms with van der Waals surface area (Å²) >= 11 is 0. The van der Waals surface area contributed by atoms with Crippen LogP contribution in [0.4, 0.5) is 10.5 Å². The first kappa shape index (κ1) is 20.1. The highest BCUT2D eigenvalue weighted by Gasteiger charge is 2.42. The van der Waals surface area contributed by atoms with Crippen LogP contribution in [-0.4, -0.2) is 32.4 Å². The molecule has 8 heteroatoms. The molecular weight excluding hydrogens is 376 g/mol. The van der Waals surface area contributed by atoms with Crippen molar-refractivity contribution in [2.24, 2.45) is 0 Å². The third-order valence-electron chi connectivity index (χ3n) is 4.70. The molecule has 1 heterocycles. The molecule has 0 radical (unpaired) electrons. The Morgan fingerprint density at radius 1 is 1.03 bits per heavy atom. The molecule has 3 atom stereocenters. The molecule has 0 bridgehead atoms. The smallest absolute Gasteiger partial charge is 0.329 e. The van der Waals surface area contributed by atoms with Crippen LogP contribution in [0.3, 0.4) is 0 Å². The Balaban J connectivity index is 2.20. The lowest BCUT2D eigenvalue weighted by molar-refractivity contribution is -0.120. The van der Waals surface area contributed by atoms with Crippen LogP contribution in [0, 0.1) is 0 Å². The fourth-order valence-corrected chi connectivity index (χ4v) is 3.33. The first-order chi connectivity index (χ1) is 13.8. The molecule has 0 saturated carbocycles. The Morgan fingerprint density at radius 2 is 1.72 bits per heavy atom. The Hall–Kier alpha value is -3.62. The van der Waals surface area contributed by atoms with E-state index in [2.05, 4.69) is 18.5 Å². The van der Waals surface area contributed by atoms with E-state index in [4.69, 9.17) is 0 Å². The van der Waals surface area contributed by atoms with Crippen LogP contribution in [0.1, 0.15) is 34.9 Å². The second-order valence-electron chi connectivity index (χ2n) is 6.45. The lowest BCUT2D eigenvalue weighted by atomic mass is 9.91. The van der Waals surface area contributed by atoms with Gasteiger partial charge in [0, 0.05) is 17.2 Å². The number of nitrogens with one attached hydrogen (secondary N) is 1. The number of carbonyl (C=O) groups is 2. The number of phenols is 2. The molecule has 2 aromatic rings. The molecule has 150 valence electrons. The van der Waals surface area contributed by atoms with E-state index in [-0.39, 0.29) is 28.1 Å². The average Bonchev–Trinajstić information content (AvgIpc) is 3.00. The van der Waals surface area contributed by atoms with E-state index in [1.807, 2.05) is 0 Å². The number of aliphatic hydroxyl groups is 2. The molecule has 0 aliphatic carbocycles. The van der Waals surface area contributed by atoms with Gasteiger partial charge in [-0.1, -0.05) is 30.4 Å². The van der Waals surface area contributed by atoms with E-state index in [9.17, 15) is 30.0 Å². The van der Waals surface area contributed by atoms with Crippen molar-refractivity contribution in [2.75, 3.05) is 4.90 Å². The van der Waals surface area contributed by atoms with Gasteiger partial charge in [0.1, 0.15) is 23.6 Å². The molecule has 5 N–H and O–H groups in total. The number of phenolic OH excluding ortho intramolecular Hbond substituents is 2. The maximum atomic E-state index is 12.5. The van der Waals surface area contributed by atoms with Crippen LogP contribution in [0.2, 0.25) is 0 Å². The molecule has 1 saturated heterocycles. The second-order valence-corrected chi connectivity index (χ2v) is 6.45. The minimum absolute atomic E-state index is 0.0348. The standard InChI is InChI=1S/C21H20N2O6/c1-3-15(25)13-8-9-14(19(27)17(13)16(26)4-2)18-20(28)22-21(29)23(18)11-6-5-7-12(24)10-11/h3-10,15-16,18,24-27H,1-2H2,(H,22,28,29). The van der Waals surface area contributed by atoms with E-state index in [0.29, 0.717) is 0 Å². The number of hydrogen-bond acceptors (Lipinski definition) is 6. The molecule has 1 fully saturated rings. The van der Waals surface area contributed by atoms with Crippen molar-refractivity contribution in [3.63, 3.8) is 0 Å². The molecule has 1 aliphatic rings. The largest absolute Gasteiger partial charge is 0.508 e. The van der Waals surface area contributed by atoms with Crippen LogP contribution in [-0.2, 0) is 4.79 Å². The molecule has 3 rings (SSSR count). The highest BCUT2D eigenvalue weighted by molar-refractivity contribution is 6.14. The van der Waals surface area contributed by atoms with E-state index in [1.165, 1.54) is 42.5 Å². The van der Waals surface area contributed by atoms with E-state index in [0.717, 1.165) is 11.0 Å². The SMILES string of the molecule is C=CC(O)c1ccc(C2C(=O)NC(=O)N2c2cccc(O)c2)c(O)c1C(O)C=C. The van der Waals surface area contributed by atoms with Gasteiger partial charge in [-0.2, -0.15) is 0 Å². The van der Waals surface area contributed by atoms with Crippen LogP contribution < -0.4 is 10.2 Å². The predicted molar refractivity (Wildman–Crippen MR) is 105 cm³/mol. The maximum Gasteiger partial charge on any atom is 0.329 e. The van der Waals surface area contributed by atoms with Gasteiger partial charge in [0.2, 0.25) is 0 Å². The second kappa shape index (κ2) is 7.78. The molecule has 29 heavy (non-hydrogen) atoms. The summed E-state index contributed by atoms with van der Waals surface area (Å²) in [5, 5.41) is 43.2. The topological polar surface area (TPSA) is 130 Å². The third-order valence-corrected chi connectivity index (χ3v) is 4.70. The Bertz CT molecular complexity index is 1000. The molecule has 2 aromatic carbocycles. The fourth-order valence-electron chi connectivity index (χ4n) is 3.33. The number of nitrogens with zero attached hydrogens (tertiary/aromatic N) is 1. The molecule has 8 nitrogen and oxygen atoms in total. The normalized spacial score (nSPS) is 18.3. The van der Waals surface area contributed by atoms with Crippen molar-refractivity contribution in [3.05, 3.63) is 78.4 Å². The van der Waals surface area contributed by atoms with Crippen LogP contribution in [0.25, 0.3) is 0 Å². The van der Waals surface area contributed by atoms with Gasteiger partial charge >= 0.3 is 6.03 Å². The van der Waals surface area contributed by atoms with Gasteiger partial charge in [-0.05, 0) is 17.7 Å². The summed E-state index contributed by atoms with van der Waals surface area (Å²) in [7, 11) is 0. The zero-order valence-corrected chi connectivity index (χ0v) is 15.3. The first-order valence-electron chi connectivity index (χ1n) is 8.70. The number of imide groups is 1. The van der Waals surface area contributed by atoms with E-state index < -0.39 is 35.9 Å². The summed E-state index contributed by atoms with van der Waals surface area (Å²) in [4.78, 5) is 26.0. The number of hydrogen-bond donors (Lipinski definition) is 5. The number of anilines is 1. The monoisotopic (exact) mass is 396 g/mol. The number of urea groups is 1. The van der Waals surface area contributed by atoms with Crippen molar-refractivity contribution in [1.82, 2.24) is 5.32 Å². The highest BCUT2D eigenvalue weighted by Crippen LogP contribution is 2.42. The predicted octanol–water partition coefficient (Wildman–Crippen LogP) is 2.33. The van der Waals surface area contributed by atoms with Gasteiger partial charge in [-0.25, -0.2) is 4.79 Å². The van der Waals surface area contributed by atoms with Gasteiger partial charge in [0.25, 0.3) is 5.91 Å². The van der Waals surface area contributed by atoms with Gasteiger partial charge < -0.3 is 20.4 Å². The van der Waals surface area contributed by atoms with Gasteiger partial charge in [-0.3, -0.25) is 15.0 Å². The summed E-state index contributed by atoms with van der Waals surface area (Å²) in [5.41, 5.74) is 0.404. The number of amides is 3. The summed E-state index contributed by atoms with van der Waals surface area (Å²) in [6.07, 6.45) is -0.140. The minimum atomic E-state index is -1.34. The number of aromatic hydroxyl groups is 2. The number of benzene rings is 2. The maximum absolute atomic E-state index is 12.5. The quantitative estimate of drug-likeness (QED) is 0.376. The summed E-state index contributed by atoms with van der Waals surface area (Å²) in [6.45, 7) is 6.99. The molecule has 0 aromatic heterocycles. The number of rotatable bonds is 6. The van der Waals surface area contributed by atoms with Crippen LogP contribution >= 0.6 is 0 Å². The molecule has 0 spiro atoms. The zero-order chi connectivity index (χ0) is 21.3. The fraction of sp³-hybridized carbons (Fsp3) is 0.143. The number of carbonyl (C=O) groups excluding carboxylic acids is 2. The summed E-state index contributed by atoms with van der Waals surface area (Å²) in [5.74, 6) is -1.26. The van der Waals surface area contributed by atoms with Crippen LogP contribution in [0.15, 0.2) is 61.7 Å². The molecule has 3 amide bonds. The summed E-state index contributed by atoms with van der Waals surface area (Å²) in [6, 6.07) is 6.58. The average molecular weight is 396 g/mol. The summed E-state index contributed by atoms with van der Waals surface area (Å²) < 4.78 is 0. The molecular formula is C21H20N2O6. The van der Waals surface area contributed by atoms with E-state index in [1.54, 1.807) is 0 Å². The van der Waals surface area contributed by atoms with Crippen molar-refractivity contribution < 1.29 is 30.0 Å². The molecule has 3 unspecified atom stereocenters. The van der Waals surface area contributed by atoms with Gasteiger partial charge in [0.15, 0.2) is 0 Å². The highest BCUT2D eigenvalue weighted by atomic mass is 16.3. The van der Waals surface area contributed by atoms with Crippen molar-refractivity contribution in [1.29, 1.82) is 0 Å². The third kappa shape index (κ3) is 3.46. The van der Waals surface area contributed by atoms with Crippen molar-refractivity contribution in [3.8, 4) is 11.5 Å². The Morgan fingerprint density at radius 3 is 2.34 bits per heavy atom. The zero-order valence-electron chi connectivity index (χ0n) is 15.3. The van der Waals surface area contributed by atoms with Gasteiger partial charge in [0.05, 0.1) is 11.8 Å². The van der Waals surface area contributed by atoms with E-state index >= 15 is 0 Å². The molecule has 1 aliphatic heterocycles. The number of aliphatic hydroxyl groups excluding tert-OH is 2. The Labute approximate surface area is 166 Å². The van der Waals surface area contributed by atoms with Crippen molar-refractivity contribution in [2.45, 2.75) is 18.2 Å². The lowest BCUT2D eigenvalue weighted by Gasteiger charge is -2.25. The first-order valence-corrected chi connectivity index (χ1v) is 8.70. The lowest BCUT2D eigenvalue weighted by Crippen LogP contribution is -2.29. The Kier molecular flexibility index (Phi) is 5.40. The van der Waals surface area contributed by atoms with Crippen LogP contribution in [0.5, 0.6) is 11.5 Å².